The van der Waals surface area contributed by atoms with Gasteiger partial charge in [-0.15, -0.1) is 0 Å². The molecule has 0 saturated heterocycles. The minimum Gasteiger partial charge on any atom is -0.388 e. The Morgan fingerprint density at radius 3 is 2.67 bits per heavy atom. The molecule has 4 heteroatoms. The fraction of sp³-hybridized carbons (Fsp3) is 0.286. The highest BCUT2D eigenvalue weighted by atomic mass is 19.2. The maximum absolute atomic E-state index is 13.0. The summed E-state index contributed by atoms with van der Waals surface area (Å²) in [4.78, 5) is 0. The van der Waals surface area contributed by atoms with Crippen LogP contribution in [0.5, 0.6) is 0 Å². The molecule has 0 aliphatic heterocycles. The van der Waals surface area contributed by atoms with E-state index in [4.69, 9.17) is 0 Å². The molecule has 0 bridgehead atoms. The number of hydrogen-bond donors (Lipinski definition) is 1. The molecule has 0 radical (unpaired) electrons. The molecule has 1 atom stereocenters. The summed E-state index contributed by atoms with van der Waals surface area (Å²) in [6.07, 6.45) is 3.80. The van der Waals surface area contributed by atoms with Crippen LogP contribution in [0, 0.1) is 11.6 Å². The molecule has 1 aromatic carbocycles. The lowest BCUT2D eigenvalue weighted by Crippen LogP contribution is -1.99. The van der Waals surface area contributed by atoms with Crippen LogP contribution in [0.15, 0.2) is 36.7 Å². The topological polar surface area (TPSA) is 25.2 Å². The normalized spacial score (nSPS) is 12.7. The van der Waals surface area contributed by atoms with E-state index in [2.05, 4.69) is 0 Å². The SMILES string of the molecule is CCC(O)c1ccn(Cc2ccc(F)c(F)c2)c1. The molecular formula is C14H15F2NO. The number of aliphatic hydroxyl groups excluding tert-OH is 1. The Kier molecular flexibility index (Phi) is 3.77. The molecule has 1 unspecified atom stereocenters. The van der Waals surface area contributed by atoms with Crippen molar-refractivity contribution in [1.29, 1.82) is 0 Å². The van der Waals surface area contributed by atoms with Crippen LogP contribution in [0.4, 0.5) is 8.78 Å². The summed E-state index contributed by atoms with van der Waals surface area (Å²) in [5.74, 6) is -1.68. The van der Waals surface area contributed by atoms with Gasteiger partial charge in [0.25, 0.3) is 0 Å². The van der Waals surface area contributed by atoms with Gasteiger partial charge in [0, 0.05) is 18.9 Å². The molecule has 0 fully saturated rings. The molecule has 0 amide bonds. The van der Waals surface area contributed by atoms with E-state index in [1.807, 2.05) is 30.0 Å². The average molecular weight is 251 g/mol. The Morgan fingerprint density at radius 1 is 1.22 bits per heavy atom. The average Bonchev–Trinajstić information content (AvgIpc) is 2.81. The van der Waals surface area contributed by atoms with E-state index in [0.29, 0.717) is 18.5 Å². The molecule has 0 aliphatic rings. The minimum absolute atomic E-state index is 0.452. The van der Waals surface area contributed by atoms with Crippen molar-refractivity contribution in [2.24, 2.45) is 0 Å². The summed E-state index contributed by atoms with van der Waals surface area (Å²) in [5, 5.41) is 9.67. The third-order valence-electron chi connectivity index (χ3n) is 2.89. The second-order valence-electron chi connectivity index (χ2n) is 4.29. The van der Waals surface area contributed by atoms with E-state index in [9.17, 15) is 13.9 Å². The minimum atomic E-state index is -0.839. The monoisotopic (exact) mass is 251 g/mol. The number of hydrogen-bond acceptors (Lipinski definition) is 1. The van der Waals surface area contributed by atoms with E-state index in [1.54, 1.807) is 6.07 Å². The molecule has 0 spiro atoms. The van der Waals surface area contributed by atoms with Crippen LogP contribution < -0.4 is 0 Å². The predicted molar refractivity (Wildman–Crippen MR) is 65.1 cm³/mol. The zero-order chi connectivity index (χ0) is 13.1. The Hall–Kier alpha value is -1.68. The van der Waals surface area contributed by atoms with Crippen molar-refractivity contribution < 1.29 is 13.9 Å². The zero-order valence-corrected chi connectivity index (χ0v) is 10.1. The zero-order valence-electron chi connectivity index (χ0n) is 10.1. The summed E-state index contributed by atoms with van der Waals surface area (Å²) in [6.45, 7) is 2.35. The second-order valence-corrected chi connectivity index (χ2v) is 4.29. The Balaban J connectivity index is 2.13. The lowest BCUT2D eigenvalue weighted by atomic mass is 10.1. The number of rotatable bonds is 4. The van der Waals surface area contributed by atoms with Crippen LogP contribution in [0.2, 0.25) is 0 Å². The maximum atomic E-state index is 13.0. The van der Waals surface area contributed by atoms with Crippen LogP contribution in [0.25, 0.3) is 0 Å². The van der Waals surface area contributed by atoms with Crippen LogP contribution in [0.3, 0.4) is 0 Å². The van der Waals surface area contributed by atoms with Gasteiger partial charge in [0.05, 0.1) is 6.10 Å². The van der Waals surface area contributed by atoms with Gasteiger partial charge in [-0.05, 0) is 35.7 Å². The fourth-order valence-electron chi connectivity index (χ4n) is 1.84. The number of halogens is 2. The number of nitrogens with zero attached hydrogens (tertiary/aromatic N) is 1. The van der Waals surface area contributed by atoms with Gasteiger partial charge in [0.2, 0.25) is 0 Å². The summed E-state index contributed by atoms with van der Waals surface area (Å²) < 4.78 is 27.7. The molecule has 2 nitrogen and oxygen atoms in total. The van der Waals surface area contributed by atoms with Gasteiger partial charge in [-0.1, -0.05) is 13.0 Å². The summed E-state index contributed by atoms with van der Waals surface area (Å²) >= 11 is 0. The molecular weight excluding hydrogens is 236 g/mol. The number of benzene rings is 1. The van der Waals surface area contributed by atoms with Gasteiger partial charge in [-0.25, -0.2) is 8.78 Å². The molecule has 2 aromatic rings. The quantitative estimate of drug-likeness (QED) is 0.886. The summed E-state index contributed by atoms with van der Waals surface area (Å²) in [7, 11) is 0. The van der Waals surface area contributed by atoms with E-state index >= 15 is 0 Å². The third-order valence-corrected chi connectivity index (χ3v) is 2.89. The number of aromatic nitrogens is 1. The predicted octanol–water partition coefficient (Wildman–Crippen LogP) is 3.26. The molecule has 1 aromatic heterocycles. The van der Waals surface area contributed by atoms with Gasteiger partial charge >= 0.3 is 0 Å². The van der Waals surface area contributed by atoms with Gasteiger partial charge in [-0.2, -0.15) is 0 Å². The van der Waals surface area contributed by atoms with Crippen LogP contribution in [-0.4, -0.2) is 9.67 Å². The van der Waals surface area contributed by atoms with Gasteiger partial charge < -0.3 is 9.67 Å². The molecule has 0 aliphatic carbocycles. The van der Waals surface area contributed by atoms with E-state index in [0.717, 1.165) is 11.6 Å². The molecule has 2 rings (SSSR count). The third kappa shape index (κ3) is 2.76. The van der Waals surface area contributed by atoms with Crippen molar-refractivity contribution in [3.8, 4) is 0 Å². The summed E-state index contributed by atoms with van der Waals surface area (Å²) in [5.41, 5.74) is 1.52. The first kappa shape index (κ1) is 12.8. The van der Waals surface area contributed by atoms with Crippen molar-refractivity contribution >= 4 is 0 Å². The van der Waals surface area contributed by atoms with Crippen molar-refractivity contribution in [2.75, 3.05) is 0 Å². The Morgan fingerprint density at radius 2 is 2.00 bits per heavy atom. The van der Waals surface area contributed by atoms with Gasteiger partial charge in [-0.3, -0.25) is 0 Å². The van der Waals surface area contributed by atoms with E-state index < -0.39 is 17.7 Å². The largest absolute Gasteiger partial charge is 0.388 e. The first-order valence-electron chi connectivity index (χ1n) is 5.88. The highest BCUT2D eigenvalue weighted by molar-refractivity contribution is 5.20. The van der Waals surface area contributed by atoms with Crippen molar-refractivity contribution in [2.45, 2.75) is 26.0 Å². The lowest BCUT2D eigenvalue weighted by molar-refractivity contribution is 0.173. The van der Waals surface area contributed by atoms with E-state index in [-0.39, 0.29) is 0 Å². The van der Waals surface area contributed by atoms with E-state index in [1.165, 1.54) is 6.07 Å². The fourth-order valence-corrected chi connectivity index (χ4v) is 1.84. The molecule has 1 N–H and O–H groups in total. The standard InChI is InChI=1S/C14H15F2NO/c1-2-14(18)11-5-6-17(9-11)8-10-3-4-12(15)13(16)7-10/h3-7,9,14,18H,2,8H2,1H3. The van der Waals surface area contributed by atoms with Crippen molar-refractivity contribution in [1.82, 2.24) is 4.57 Å². The second kappa shape index (κ2) is 5.31. The Bertz CT molecular complexity index is 536. The van der Waals surface area contributed by atoms with Crippen LogP contribution in [-0.2, 0) is 6.54 Å². The van der Waals surface area contributed by atoms with Crippen LogP contribution in [0.1, 0.15) is 30.6 Å². The molecule has 18 heavy (non-hydrogen) atoms. The molecule has 0 saturated carbocycles. The summed E-state index contributed by atoms with van der Waals surface area (Å²) in [6, 6.07) is 5.68. The number of aliphatic hydroxyl groups is 1. The molecule has 96 valence electrons. The first-order valence-corrected chi connectivity index (χ1v) is 5.88. The van der Waals surface area contributed by atoms with Crippen LogP contribution >= 0.6 is 0 Å². The van der Waals surface area contributed by atoms with Gasteiger partial charge in [0.15, 0.2) is 11.6 Å². The highest BCUT2D eigenvalue weighted by Crippen LogP contribution is 2.17. The first-order chi connectivity index (χ1) is 8.60. The lowest BCUT2D eigenvalue weighted by Gasteiger charge is -2.05. The van der Waals surface area contributed by atoms with Crippen molar-refractivity contribution in [3.05, 3.63) is 59.4 Å². The van der Waals surface area contributed by atoms with Crippen molar-refractivity contribution in [3.63, 3.8) is 0 Å². The Labute approximate surface area is 104 Å². The van der Waals surface area contributed by atoms with Gasteiger partial charge in [0.1, 0.15) is 0 Å². The maximum Gasteiger partial charge on any atom is 0.159 e. The molecule has 1 heterocycles. The smallest absolute Gasteiger partial charge is 0.159 e. The highest BCUT2D eigenvalue weighted by Gasteiger charge is 2.07.